The van der Waals surface area contributed by atoms with Crippen molar-refractivity contribution in [3.63, 3.8) is 0 Å². The Balaban J connectivity index is 1.82. The van der Waals surface area contributed by atoms with Crippen molar-refractivity contribution in [2.24, 2.45) is 0 Å². The van der Waals surface area contributed by atoms with Crippen molar-refractivity contribution in [1.29, 1.82) is 0 Å². The lowest BCUT2D eigenvalue weighted by molar-refractivity contribution is 0.0574. The average molecular weight is 464 g/mol. The van der Waals surface area contributed by atoms with E-state index in [1.807, 2.05) is 0 Å². The van der Waals surface area contributed by atoms with Gasteiger partial charge in [-0.2, -0.15) is 0 Å². The molecule has 0 saturated carbocycles. The van der Waals surface area contributed by atoms with E-state index in [4.69, 9.17) is 9.47 Å². The second-order valence-corrected chi connectivity index (χ2v) is 8.45. The molecule has 0 atom stereocenters. The Morgan fingerprint density at radius 3 is 2.97 bits per heavy atom. The lowest BCUT2D eigenvalue weighted by atomic mass is 10.0. The molecule has 2 aromatic heterocycles. The third-order valence-corrected chi connectivity index (χ3v) is 4.94. The number of benzene rings is 1. The highest BCUT2D eigenvalue weighted by molar-refractivity contribution is 9.10. The minimum Gasteiger partial charge on any atom is -0.493 e. The van der Waals surface area contributed by atoms with Gasteiger partial charge < -0.3 is 9.47 Å². The lowest BCUT2D eigenvalue weighted by Gasteiger charge is -2.27. The van der Waals surface area contributed by atoms with E-state index in [1.165, 1.54) is 23.5 Å². The summed E-state index contributed by atoms with van der Waals surface area (Å²) in [7, 11) is 0. The zero-order chi connectivity index (χ0) is 20.8. The van der Waals surface area contributed by atoms with E-state index in [1.54, 1.807) is 31.2 Å². The highest BCUT2D eigenvalue weighted by Gasteiger charge is 2.30. The van der Waals surface area contributed by atoms with Gasteiger partial charge in [0.2, 0.25) is 5.95 Å². The summed E-state index contributed by atoms with van der Waals surface area (Å²) in [4.78, 5) is 18.7. The number of ether oxygens (including phenoxy) is 2. The highest BCUT2D eigenvalue weighted by Crippen LogP contribution is 2.32. The van der Waals surface area contributed by atoms with Gasteiger partial charge >= 0.3 is 6.09 Å². The van der Waals surface area contributed by atoms with Crippen molar-refractivity contribution in [2.45, 2.75) is 39.3 Å². The van der Waals surface area contributed by atoms with E-state index >= 15 is 0 Å². The molecule has 0 fully saturated rings. The summed E-state index contributed by atoms with van der Waals surface area (Å²) < 4.78 is 28.0. The van der Waals surface area contributed by atoms with Gasteiger partial charge in [-0.3, -0.25) is 0 Å². The van der Waals surface area contributed by atoms with Crippen LogP contribution in [0.1, 0.15) is 31.9 Å². The SMILES string of the molecule is CC(C)(C)OC(=O)N(Cc1c(F)ccc2c1CCO2)c1ncc(Br)c2nncn12. The normalized spacial score (nSPS) is 13.3. The molecule has 10 heteroatoms. The molecule has 1 aliphatic heterocycles. The summed E-state index contributed by atoms with van der Waals surface area (Å²) in [5, 5.41) is 7.92. The third-order valence-electron chi connectivity index (χ3n) is 4.38. The summed E-state index contributed by atoms with van der Waals surface area (Å²) in [6.07, 6.45) is 2.87. The van der Waals surface area contributed by atoms with Crippen molar-refractivity contribution in [2.75, 3.05) is 11.5 Å². The molecule has 1 aromatic carbocycles. The quantitative estimate of drug-likeness (QED) is 0.585. The maximum Gasteiger partial charge on any atom is 0.417 e. The number of carbonyl (C=O) groups excluding carboxylic acids is 1. The molecule has 152 valence electrons. The van der Waals surface area contributed by atoms with E-state index in [9.17, 15) is 9.18 Å². The topological polar surface area (TPSA) is 81.8 Å². The van der Waals surface area contributed by atoms with Crippen LogP contribution in [-0.4, -0.2) is 37.9 Å². The number of aromatic nitrogens is 4. The minimum absolute atomic E-state index is 0.0742. The number of halogens is 2. The Morgan fingerprint density at radius 1 is 1.41 bits per heavy atom. The Bertz CT molecular complexity index is 1100. The number of hydrogen-bond acceptors (Lipinski definition) is 6. The second-order valence-electron chi connectivity index (χ2n) is 7.60. The van der Waals surface area contributed by atoms with Crippen LogP contribution < -0.4 is 9.64 Å². The van der Waals surface area contributed by atoms with Crippen molar-refractivity contribution < 1.29 is 18.7 Å². The Kier molecular flexibility index (Phi) is 4.89. The number of nitrogens with zero attached hydrogens (tertiary/aromatic N) is 5. The minimum atomic E-state index is -0.739. The molecule has 0 unspecified atom stereocenters. The summed E-state index contributed by atoms with van der Waals surface area (Å²) in [5.41, 5.74) is 0.857. The smallest absolute Gasteiger partial charge is 0.417 e. The number of amides is 1. The number of carbonyl (C=O) groups is 1. The highest BCUT2D eigenvalue weighted by atomic mass is 79.9. The summed E-state index contributed by atoms with van der Waals surface area (Å²) in [6, 6.07) is 2.95. The molecule has 8 nitrogen and oxygen atoms in total. The molecule has 29 heavy (non-hydrogen) atoms. The van der Waals surface area contributed by atoms with Crippen LogP contribution in [-0.2, 0) is 17.7 Å². The standard InChI is InChI=1S/C19H19BrFN5O3/c1-19(2,3)29-18(27)25(17-22-8-13(20)16-24-23-10-26(16)17)9-12-11-6-7-28-15(11)5-4-14(12)21/h4-5,8,10H,6-7,9H2,1-3H3. The Hall–Kier alpha value is -2.75. The molecule has 1 amide bonds. The molecule has 3 aromatic rings. The van der Waals surface area contributed by atoms with Crippen molar-refractivity contribution in [3.05, 3.63) is 46.1 Å². The van der Waals surface area contributed by atoms with E-state index in [0.29, 0.717) is 34.5 Å². The predicted octanol–water partition coefficient (Wildman–Crippen LogP) is 3.90. The summed E-state index contributed by atoms with van der Waals surface area (Å²) >= 11 is 3.37. The van der Waals surface area contributed by atoms with Gasteiger partial charge in [0, 0.05) is 23.7 Å². The van der Waals surface area contributed by atoms with Crippen LogP contribution in [0.4, 0.5) is 15.1 Å². The van der Waals surface area contributed by atoms with Crippen molar-refractivity contribution >= 4 is 33.6 Å². The maximum absolute atomic E-state index is 14.7. The van der Waals surface area contributed by atoms with Gasteiger partial charge in [-0.15, -0.1) is 10.2 Å². The van der Waals surface area contributed by atoms with Crippen LogP contribution in [0.15, 0.2) is 29.1 Å². The van der Waals surface area contributed by atoms with Gasteiger partial charge in [0.1, 0.15) is 23.5 Å². The van der Waals surface area contributed by atoms with Gasteiger partial charge in [0.25, 0.3) is 0 Å². The van der Waals surface area contributed by atoms with Gasteiger partial charge in [-0.1, -0.05) is 0 Å². The van der Waals surface area contributed by atoms with Crippen molar-refractivity contribution in [3.8, 4) is 5.75 Å². The molecule has 0 radical (unpaired) electrons. The lowest BCUT2D eigenvalue weighted by Crippen LogP contribution is -2.38. The van der Waals surface area contributed by atoms with E-state index in [2.05, 4.69) is 31.1 Å². The molecule has 0 saturated heterocycles. The predicted molar refractivity (Wildman–Crippen MR) is 106 cm³/mol. The molecule has 1 aliphatic rings. The fourth-order valence-corrected chi connectivity index (χ4v) is 3.53. The van der Waals surface area contributed by atoms with E-state index < -0.39 is 17.5 Å². The monoisotopic (exact) mass is 463 g/mol. The zero-order valence-corrected chi connectivity index (χ0v) is 17.7. The van der Waals surface area contributed by atoms with Crippen molar-refractivity contribution in [1.82, 2.24) is 19.6 Å². The first-order valence-electron chi connectivity index (χ1n) is 9.02. The fourth-order valence-electron chi connectivity index (χ4n) is 3.16. The van der Waals surface area contributed by atoms with Crippen LogP contribution in [0.2, 0.25) is 0 Å². The first-order chi connectivity index (χ1) is 13.7. The Labute approximate surface area is 174 Å². The molecule has 3 heterocycles. The van der Waals surface area contributed by atoms with Gasteiger partial charge in [0.05, 0.1) is 17.6 Å². The van der Waals surface area contributed by atoms with Crippen LogP contribution in [0.25, 0.3) is 5.65 Å². The van der Waals surface area contributed by atoms with Gasteiger partial charge in [-0.25, -0.2) is 23.5 Å². The van der Waals surface area contributed by atoms with E-state index in [0.717, 1.165) is 5.56 Å². The molecule has 0 bridgehead atoms. The zero-order valence-electron chi connectivity index (χ0n) is 16.1. The van der Waals surface area contributed by atoms with Gasteiger partial charge in [0.15, 0.2) is 5.65 Å². The number of anilines is 1. The molecule has 0 N–H and O–H groups in total. The summed E-state index contributed by atoms with van der Waals surface area (Å²) in [6.45, 7) is 5.70. The van der Waals surface area contributed by atoms with Crippen LogP contribution >= 0.6 is 15.9 Å². The average Bonchev–Trinajstić information content (AvgIpc) is 3.30. The number of hydrogen-bond donors (Lipinski definition) is 0. The number of rotatable bonds is 3. The summed E-state index contributed by atoms with van der Waals surface area (Å²) in [5.74, 6) is 0.432. The van der Waals surface area contributed by atoms with Gasteiger partial charge in [-0.05, 0) is 48.8 Å². The first-order valence-corrected chi connectivity index (χ1v) is 9.82. The Morgan fingerprint density at radius 2 is 2.21 bits per heavy atom. The largest absolute Gasteiger partial charge is 0.493 e. The molecule has 0 spiro atoms. The second kappa shape index (κ2) is 7.25. The molecular formula is C19H19BrFN5O3. The molecule has 4 rings (SSSR count). The van der Waals surface area contributed by atoms with Crippen LogP contribution in [0.5, 0.6) is 5.75 Å². The first kappa shape index (κ1) is 19.6. The van der Waals surface area contributed by atoms with Crippen LogP contribution in [0, 0.1) is 5.82 Å². The van der Waals surface area contributed by atoms with E-state index in [-0.39, 0.29) is 12.5 Å². The maximum atomic E-state index is 14.7. The number of fused-ring (bicyclic) bond motifs is 2. The van der Waals surface area contributed by atoms with Crippen LogP contribution in [0.3, 0.4) is 0 Å². The third kappa shape index (κ3) is 3.76. The molecule has 0 aliphatic carbocycles. The fraction of sp³-hybridized carbons (Fsp3) is 0.368. The molecular weight excluding hydrogens is 445 g/mol.